The van der Waals surface area contributed by atoms with Gasteiger partial charge < -0.3 is 5.32 Å². The Bertz CT molecular complexity index is 1300. The van der Waals surface area contributed by atoms with E-state index in [1.807, 2.05) is 26.8 Å². The van der Waals surface area contributed by atoms with Gasteiger partial charge in [-0.3, -0.25) is 19.2 Å². The van der Waals surface area contributed by atoms with Gasteiger partial charge in [0.1, 0.15) is 6.54 Å². The lowest BCUT2D eigenvalue weighted by Crippen LogP contribution is -2.38. The molecule has 172 valence electrons. The van der Waals surface area contributed by atoms with E-state index in [1.165, 1.54) is 30.3 Å². The fraction of sp³-hybridized carbons (Fsp3) is 0.208. The number of nitrogens with one attached hydrogen (secondary N) is 1. The summed E-state index contributed by atoms with van der Waals surface area (Å²) in [5.74, 6) is -0.617. The third kappa shape index (κ3) is 5.56. The predicted octanol–water partition coefficient (Wildman–Crippen LogP) is 4.66. The Morgan fingerprint density at radius 2 is 1.52 bits per heavy atom. The van der Waals surface area contributed by atoms with Crippen molar-refractivity contribution in [1.29, 1.82) is 0 Å². The molecule has 1 amide bonds. The van der Waals surface area contributed by atoms with E-state index < -0.39 is 27.4 Å². The summed E-state index contributed by atoms with van der Waals surface area (Å²) in [5, 5.41) is 13.7. The Kier molecular flexibility index (Phi) is 6.83. The molecule has 3 aromatic carbocycles. The molecule has 0 fully saturated rings. The number of sulfonamides is 1. The molecule has 3 aromatic rings. The lowest BCUT2D eigenvalue weighted by atomic mass is 10.1. The maximum absolute atomic E-state index is 13.5. The van der Waals surface area contributed by atoms with Gasteiger partial charge in [0, 0.05) is 12.1 Å². The van der Waals surface area contributed by atoms with E-state index in [0.29, 0.717) is 11.3 Å². The number of nitro benzene ring substituents is 1. The van der Waals surface area contributed by atoms with Crippen molar-refractivity contribution in [3.05, 3.63) is 93.0 Å². The van der Waals surface area contributed by atoms with Gasteiger partial charge in [0.05, 0.1) is 21.2 Å². The number of carbonyl (C=O) groups is 1. The van der Waals surface area contributed by atoms with Crippen molar-refractivity contribution in [2.45, 2.75) is 32.6 Å². The predicted molar refractivity (Wildman–Crippen MR) is 128 cm³/mol. The molecule has 3 rings (SSSR count). The first-order valence-corrected chi connectivity index (χ1v) is 11.6. The zero-order valence-electron chi connectivity index (χ0n) is 18.8. The summed E-state index contributed by atoms with van der Waals surface area (Å²) in [4.78, 5) is 23.5. The second kappa shape index (κ2) is 9.41. The third-order valence-electron chi connectivity index (χ3n) is 5.10. The average molecular weight is 468 g/mol. The lowest BCUT2D eigenvalue weighted by Gasteiger charge is -2.25. The van der Waals surface area contributed by atoms with Crippen LogP contribution < -0.4 is 9.62 Å². The summed E-state index contributed by atoms with van der Waals surface area (Å²) in [6.07, 6.45) is 0. The maximum atomic E-state index is 13.5. The number of aryl methyl sites for hydroxylation is 4. The van der Waals surface area contributed by atoms with Crippen LogP contribution in [0.2, 0.25) is 0 Å². The van der Waals surface area contributed by atoms with E-state index in [9.17, 15) is 23.3 Å². The molecular formula is C24H25N3O5S. The Hall–Kier alpha value is -3.72. The number of nitrogens with zero attached hydrogens (tertiary/aromatic N) is 2. The number of non-ortho nitro benzene ring substituents is 1. The first kappa shape index (κ1) is 23.9. The van der Waals surface area contributed by atoms with Crippen molar-refractivity contribution < 1.29 is 18.1 Å². The quantitative estimate of drug-likeness (QED) is 0.401. The molecule has 0 radical (unpaired) electrons. The Labute approximate surface area is 193 Å². The van der Waals surface area contributed by atoms with Gasteiger partial charge in [0.15, 0.2) is 0 Å². The molecule has 0 bridgehead atoms. The lowest BCUT2D eigenvalue weighted by molar-refractivity contribution is -0.384. The maximum Gasteiger partial charge on any atom is 0.271 e. The highest BCUT2D eigenvalue weighted by Gasteiger charge is 2.28. The number of hydrogen-bond acceptors (Lipinski definition) is 5. The summed E-state index contributed by atoms with van der Waals surface area (Å²) in [6, 6.07) is 15.8. The minimum Gasteiger partial charge on any atom is -0.324 e. The van der Waals surface area contributed by atoms with Crippen LogP contribution in [0.5, 0.6) is 0 Å². The van der Waals surface area contributed by atoms with Crippen LogP contribution in [0, 0.1) is 37.8 Å². The molecule has 0 aliphatic carbocycles. The third-order valence-corrected chi connectivity index (χ3v) is 6.88. The van der Waals surface area contributed by atoms with Crippen LogP contribution in [0.15, 0.2) is 65.6 Å². The molecule has 9 heteroatoms. The average Bonchev–Trinajstić information content (AvgIpc) is 2.73. The van der Waals surface area contributed by atoms with E-state index in [1.54, 1.807) is 31.2 Å². The molecule has 0 aliphatic heterocycles. The van der Waals surface area contributed by atoms with Gasteiger partial charge in [-0.25, -0.2) is 8.42 Å². The minimum atomic E-state index is -4.06. The normalized spacial score (nSPS) is 11.2. The number of amides is 1. The van der Waals surface area contributed by atoms with Crippen LogP contribution in [-0.4, -0.2) is 25.8 Å². The molecule has 0 spiro atoms. The van der Waals surface area contributed by atoms with E-state index >= 15 is 0 Å². The van der Waals surface area contributed by atoms with Crippen molar-refractivity contribution in [3.63, 3.8) is 0 Å². The van der Waals surface area contributed by atoms with Gasteiger partial charge in [0.2, 0.25) is 5.91 Å². The van der Waals surface area contributed by atoms with E-state index in [-0.39, 0.29) is 16.3 Å². The molecule has 0 aromatic heterocycles. The van der Waals surface area contributed by atoms with Gasteiger partial charge in [-0.15, -0.1) is 0 Å². The molecule has 0 heterocycles. The topological polar surface area (TPSA) is 110 Å². The van der Waals surface area contributed by atoms with Crippen molar-refractivity contribution in [1.82, 2.24) is 0 Å². The fourth-order valence-electron chi connectivity index (χ4n) is 3.43. The molecule has 0 saturated heterocycles. The fourth-order valence-corrected chi connectivity index (χ4v) is 4.83. The van der Waals surface area contributed by atoms with Crippen LogP contribution >= 0.6 is 0 Å². The van der Waals surface area contributed by atoms with Crippen LogP contribution in [0.1, 0.15) is 22.3 Å². The molecule has 0 unspecified atom stereocenters. The smallest absolute Gasteiger partial charge is 0.271 e. The van der Waals surface area contributed by atoms with E-state index in [0.717, 1.165) is 21.0 Å². The zero-order valence-corrected chi connectivity index (χ0v) is 19.6. The number of hydrogen-bond donors (Lipinski definition) is 1. The van der Waals surface area contributed by atoms with Crippen LogP contribution in [-0.2, 0) is 14.8 Å². The molecule has 8 nitrogen and oxygen atoms in total. The molecule has 0 saturated carbocycles. The van der Waals surface area contributed by atoms with Gasteiger partial charge in [-0.05, 0) is 68.7 Å². The number of anilines is 2. The molecule has 0 atom stereocenters. The highest BCUT2D eigenvalue weighted by molar-refractivity contribution is 7.92. The Morgan fingerprint density at radius 3 is 2.09 bits per heavy atom. The van der Waals surface area contributed by atoms with Gasteiger partial charge in [-0.2, -0.15) is 0 Å². The summed E-state index contributed by atoms with van der Waals surface area (Å²) >= 11 is 0. The number of carbonyl (C=O) groups excluding carboxylic acids is 1. The molecule has 33 heavy (non-hydrogen) atoms. The monoisotopic (exact) mass is 467 g/mol. The van der Waals surface area contributed by atoms with Crippen molar-refractivity contribution in [3.8, 4) is 0 Å². The number of benzene rings is 3. The molecule has 0 aliphatic rings. The molecule has 1 N–H and O–H groups in total. The van der Waals surface area contributed by atoms with Crippen molar-refractivity contribution in [2.24, 2.45) is 0 Å². The zero-order chi connectivity index (χ0) is 24.3. The first-order valence-electron chi connectivity index (χ1n) is 10.2. The van der Waals surface area contributed by atoms with E-state index in [2.05, 4.69) is 5.32 Å². The molecular weight excluding hydrogens is 442 g/mol. The second-order valence-corrected chi connectivity index (χ2v) is 9.84. The Morgan fingerprint density at radius 1 is 0.909 bits per heavy atom. The second-order valence-electron chi connectivity index (χ2n) is 7.98. The highest BCUT2D eigenvalue weighted by Crippen LogP contribution is 2.27. The first-order chi connectivity index (χ1) is 15.5. The summed E-state index contributed by atoms with van der Waals surface area (Å²) in [6.45, 7) is 6.75. The number of nitro groups is 1. The Balaban J connectivity index is 2.00. The van der Waals surface area contributed by atoms with Gasteiger partial charge in [-0.1, -0.05) is 29.8 Å². The summed E-state index contributed by atoms with van der Waals surface area (Å²) in [5.41, 5.74) is 3.67. The number of rotatable bonds is 7. The van der Waals surface area contributed by atoms with Crippen LogP contribution in [0.25, 0.3) is 0 Å². The van der Waals surface area contributed by atoms with Crippen molar-refractivity contribution >= 4 is 33.0 Å². The summed E-state index contributed by atoms with van der Waals surface area (Å²) < 4.78 is 28.1. The largest absolute Gasteiger partial charge is 0.324 e. The van der Waals surface area contributed by atoms with Gasteiger partial charge in [0.25, 0.3) is 15.7 Å². The summed E-state index contributed by atoms with van der Waals surface area (Å²) in [7, 11) is -4.06. The SMILES string of the molecule is Cc1ccc(S(=O)(=O)N(CC(=O)Nc2cc([N+](=O)[O-])ccc2C)c2cc(C)cc(C)c2)cc1. The van der Waals surface area contributed by atoms with E-state index in [4.69, 9.17) is 0 Å². The minimum absolute atomic E-state index is 0.0617. The van der Waals surface area contributed by atoms with Crippen LogP contribution in [0.3, 0.4) is 0 Å². The van der Waals surface area contributed by atoms with Crippen molar-refractivity contribution in [2.75, 3.05) is 16.2 Å². The highest BCUT2D eigenvalue weighted by atomic mass is 32.2. The standard InChI is InChI=1S/C24H25N3O5S/c1-16-5-9-22(10-6-16)33(31,32)26(21-12-17(2)11-18(3)13-21)15-24(28)25-23-14-20(27(29)30)8-7-19(23)4/h5-14H,15H2,1-4H3,(H,25,28). The van der Waals surface area contributed by atoms with Gasteiger partial charge >= 0.3 is 0 Å². The van der Waals surface area contributed by atoms with Crippen LogP contribution in [0.4, 0.5) is 17.1 Å².